The number of aryl methyl sites for hydroxylation is 2. The van der Waals surface area contributed by atoms with Gasteiger partial charge in [-0.15, -0.1) is 0 Å². The molecule has 2 aromatic rings. The predicted octanol–water partition coefficient (Wildman–Crippen LogP) is 2.83. The van der Waals surface area contributed by atoms with Gasteiger partial charge >= 0.3 is 0 Å². The van der Waals surface area contributed by atoms with Gasteiger partial charge in [-0.3, -0.25) is 9.48 Å². The predicted molar refractivity (Wildman–Crippen MR) is 95.1 cm³/mol. The van der Waals surface area contributed by atoms with E-state index in [9.17, 15) is 4.79 Å². The maximum absolute atomic E-state index is 12.4. The lowest BCUT2D eigenvalue weighted by atomic mass is 9.94. The molecule has 0 saturated carbocycles. The number of nitrogens with one attached hydrogen (secondary N) is 1. The SMILES string of the molecule is CCC(C)(CCO)NC(=O)c1ccc(Cn2nc(C)cc2C)cc1. The van der Waals surface area contributed by atoms with Gasteiger partial charge in [0.25, 0.3) is 5.91 Å². The highest BCUT2D eigenvalue weighted by Crippen LogP contribution is 2.16. The number of benzene rings is 1. The highest BCUT2D eigenvalue weighted by molar-refractivity contribution is 5.94. The third-order valence-corrected chi connectivity index (χ3v) is 4.51. The van der Waals surface area contributed by atoms with E-state index in [0.29, 0.717) is 18.5 Å². The van der Waals surface area contributed by atoms with Crippen LogP contribution in [0.5, 0.6) is 0 Å². The highest BCUT2D eigenvalue weighted by Gasteiger charge is 2.24. The van der Waals surface area contributed by atoms with E-state index in [0.717, 1.165) is 23.4 Å². The van der Waals surface area contributed by atoms with Crippen molar-refractivity contribution in [1.29, 1.82) is 0 Å². The lowest BCUT2D eigenvalue weighted by Gasteiger charge is -2.29. The molecule has 0 fully saturated rings. The van der Waals surface area contributed by atoms with Crippen LogP contribution in [0.1, 0.15) is 54.0 Å². The van der Waals surface area contributed by atoms with Gasteiger partial charge in [0.2, 0.25) is 0 Å². The quantitative estimate of drug-likeness (QED) is 0.821. The molecule has 0 bridgehead atoms. The Kier molecular flexibility index (Phi) is 5.78. The van der Waals surface area contributed by atoms with Gasteiger partial charge in [0.05, 0.1) is 12.2 Å². The number of rotatable bonds is 7. The molecular weight excluding hydrogens is 302 g/mol. The van der Waals surface area contributed by atoms with Crippen molar-refractivity contribution in [3.63, 3.8) is 0 Å². The molecule has 130 valence electrons. The zero-order valence-corrected chi connectivity index (χ0v) is 15.0. The Morgan fingerprint density at radius 2 is 1.96 bits per heavy atom. The Hall–Kier alpha value is -2.14. The van der Waals surface area contributed by atoms with Crippen molar-refractivity contribution in [2.75, 3.05) is 6.61 Å². The molecule has 0 aliphatic heterocycles. The van der Waals surface area contributed by atoms with Gasteiger partial charge in [-0.25, -0.2) is 0 Å². The van der Waals surface area contributed by atoms with Crippen LogP contribution in [0.4, 0.5) is 0 Å². The van der Waals surface area contributed by atoms with E-state index in [1.807, 2.05) is 56.6 Å². The van der Waals surface area contributed by atoms with Crippen LogP contribution in [0.2, 0.25) is 0 Å². The van der Waals surface area contributed by atoms with E-state index in [1.54, 1.807) is 0 Å². The lowest BCUT2D eigenvalue weighted by molar-refractivity contribution is 0.0886. The summed E-state index contributed by atoms with van der Waals surface area (Å²) in [4.78, 5) is 12.4. The van der Waals surface area contributed by atoms with E-state index in [2.05, 4.69) is 16.5 Å². The van der Waals surface area contributed by atoms with Crippen molar-refractivity contribution in [3.05, 3.63) is 52.8 Å². The van der Waals surface area contributed by atoms with Crippen LogP contribution in [0.25, 0.3) is 0 Å². The van der Waals surface area contributed by atoms with Gasteiger partial charge in [0.15, 0.2) is 0 Å². The number of carbonyl (C=O) groups excluding carboxylic acids is 1. The Morgan fingerprint density at radius 1 is 1.29 bits per heavy atom. The van der Waals surface area contributed by atoms with E-state index in [4.69, 9.17) is 5.11 Å². The summed E-state index contributed by atoms with van der Waals surface area (Å²) in [6.45, 7) is 8.74. The minimum atomic E-state index is -0.381. The summed E-state index contributed by atoms with van der Waals surface area (Å²) in [5.41, 5.74) is 3.48. The molecule has 5 nitrogen and oxygen atoms in total. The molecule has 24 heavy (non-hydrogen) atoms. The fourth-order valence-corrected chi connectivity index (χ4v) is 2.69. The summed E-state index contributed by atoms with van der Waals surface area (Å²) in [6.07, 6.45) is 1.32. The van der Waals surface area contributed by atoms with E-state index >= 15 is 0 Å². The monoisotopic (exact) mass is 329 g/mol. The number of nitrogens with zero attached hydrogens (tertiary/aromatic N) is 2. The van der Waals surface area contributed by atoms with Crippen molar-refractivity contribution in [2.24, 2.45) is 0 Å². The second-order valence-electron chi connectivity index (χ2n) is 6.62. The van der Waals surface area contributed by atoms with Crippen LogP contribution in [-0.4, -0.2) is 32.9 Å². The number of hydrogen-bond donors (Lipinski definition) is 2. The molecule has 0 radical (unpaired) electrons. The maximum atomic E-state index is 12.4. The molecule has 0 saturated heterocycles. The summed E-state index contributed by atoms with van der Waals surface area (Å²) in [7, 11) is 0. The van der Waals surface area contributed by atoms with E-state index in [-0.39, 0.29) is 18.1 Å². The fourth-order valence-electron chi connectivity index (χ4n) is 2.69. The standard InChI is InChI=1S/C19H27N3O2/c1-5-19(4,10-11-23)20-18(24)17-8-6-16(7-9-17)13-22-15(3)12-14(2)21-22/h6-9,12,23H,5,10-11,13H2,1-4H3,(H,20,24). The molecule has 1 heterocycles. The average Bonchev–Trinajstić information content (AvgIpc) is 2.85. The van der Waals surface area contributed by atoms with Gasteiger partial charge in [-0.05, 0) is 57.4 Å². The molecule has 0 spiro atoms. The second-order valence-corrected chi connectivity index (χ2v) is 6.62. The summed E-state index contributed by atoms with van der Waals surface area (Å²) in [5.74, 6) is -0.106. The summed E-state index contributed by atoms with van der Waals surface area (Å²) in [6, 6.07) is 9.65. The maximum Gasteiger partial charge on any atom is 0.251 e. The molecule has 0 aliphatic rings. The number of amides is 1. The fraction of sp³-hybridized carbons (Fsp3) is 0.474. The topological polar surface area (TPSA) is 67.2 Å². The normalized spacial score (nSPS) is 13.5. The smallest absolute Gasteiger partial charge is 0.251 e. The summed E-state index contributed by atoms with van der Waals surface area (Å²) < 4.78 is 1.96. The van der Waals surface area contributed by atoms with Gasteiger partial charge in [0.1, 0.15) is 0 Å². The van der Waals surface area contributed by atoms with Crippen LogP contribution < -0.4 is 5.32 Å². The van der Waals surface area contributed by atoms with E-state index < -0.39 is 0 Å². The number of aliphatic hydroxyl groups is 1. The molecule has 5 heteroatoms. The third-order valence-electron chi connectivity index (χ3n) is 4.51. The number of aromatic nitrogens is 2. The average molecular weight is 329 g/mol. The Bertz CT molecular complexity index is 691. The summed E-state index contributed by atoms with van der Waals surface area (Å²) >= 11 is 0. The van der Waals surface area contributed by atoms with Crippen molar-refractivity contribution >= 4 is 5.91 Å². The van der Waals surface area contributed by atoms with Crippen molar-refractivity contribution in [2.45, 2.75) is 52.6 Å². The Balaban J connectivity index is 2.06. The molecule has 0 aliphatic carbocycles. The van der Waals surface area contributed by atoms with Crippen molar-refractivity contribution in [3.8, 4) is 0 Å². The van der Waals surface area contributed by atoms with Crippen molar-refractivity contribution in [1.82, 2.24) is 15.1 Å². The minimum absolute atomic E-state index is 0.0617. The summed E-state index contributed by atoms with van der Waals surface area (Å²) in [5, 5.41) is 16.6. The molecule has 1 unspecified atom stereocenters. The number of carbonyl (C=O) groups is 1. The van der Waals surface area contributed by atoms with E-state index in [1.165, 1.54) is 0 Å². The minimum Gasteiger partial charge on any atom is -0.396 e. The molecule has 1 aromatic heterocycles. The van der Waals surface area contributed by atoms with Crippen LogP contribution in [-0.2, 0) is 6.54 Å². The molecule has 2 N–H and O–H groups in total. The molecular formula is C19H27N3O2. The Morgan fingerprint density at radius 3 is 2.46 bits per heavy atom. The van der Waals surface area contributed by atoms with Crippen LogP contribution in [0.3, 0.4) is 0 Å². The molecule has 1 amide bonds. The Labute approximate surface area is 143 Å². The van der Waals surface area contributed by atoms with Gasteiger partial charge in [-0.2, -0.15) is 5.10 Å². The first-order valence-electron chi connectivity index (χ1n) is 8.40. The molecule has 2 rings (SSSR count). The first-order chi connectivity index (χ1) is 11.4. The first-order valence-corrected chi connectivity index (χ1v) is 8.40. The molecule has 1 atom stereocenters. The van der Waals surface area contributed by atoms with Crippen molar-refractivity contribution < 1.29 is 9.90 Å². The zero-order chi connectivity index (χ0) is 17.7. The molecule has 1 aromatic carbocycles. The highest BCUT2D eigenvalue weighted by atomic mass is 16.3. The number of aliphatic hydroxyl groups excluding tert-OH is 1. The lowest BCUT2D eigenvalue weighted by Crippen LogP contribution is -2.46. The van der Waals surface area contributed by atoms with Crippen LogP contribution >= 0.6 is 0 Å². The number of hydrogen-bond acceptors (Lipinski definition) is 3. The largest absolute Gasteiger partial charge is 0.396 e. The first kappa shape index (κ1) is 18.2. The second kappa shape index (κ2) is 7.62. The van der Waals surface area contributed by atoms with Gasteiger partial charge in [-0.1, -0.05) is 19.1 Å². The van der Waals surface area contributed by atoms with Gasteiger partial charge in [0, 0.05) is 23.4 Å². The zero-order valence-electron chi connectivity index (χ0n) is 15.0. The van der Waals surface area contributed by atoms with Gasteiger partial charge < -0.3 is 10.4 Å². The van der Waals surface area contributed by atoms with Crippen LogP contribution in [0, 0.1) is 13.8 Å². The van der Waals surface area contributed by atoms with Crippen LogP contribution in [0.15, 0.2) is 30.3 Å². The third kappa shape index (κ3) is 4.45.